The number of amides is 2. The molecule has 0 saturated heterocycles. The maximum atomic E-state index is 14.9. The van der Waals surface area contributed by atoms with Crippen LogP contribution in [-0.4, -0.2) is 17.2 Å². The van der Waals surface area contributed by atoms with Crippen LogP contribution in [0.2, 0.25) is 0 Å². The van der Waals surface area contributed by atoms with Crippen molar-refractivity contribution in [3.63, 3.8) is 0 Å². The van der Waals surface area contributed by atoms with Gasteiger partial charge in [0.05, 0.1) is 5.69 Å². The van der Waals surface area contributed by atoms with Crippen LogP contribution in [0, 0.1) is 18.6 Å². The molecule has 0 heterocycles. The molecule has 1 aliphatic carbocycles. The Morgan fingerprint density at radius 2 is 1.73 bits per heavy atom. The Morgan fingerprint density at radius 1 is 1.08 bits per heavy atom. The van der Waals surface area contributed by atoms with E-state index in [1.807, 2.05) is 58.0 Å². The minimum absolute atomic E-state index is 0.0567. The topological polar surface area (TPSA) is 52.6 Å². The van der Waals surface area contributed by atoms with Crippen LogP contribution in [0.25, 0.3) is 0 Å². The molecule has 0 bridgehead atoms. The number of hydrogen-bond acceptors (Lipinski definition) is 2. The number of carbonyl (C=O) groups excluding carboxylic acids is 1. The van der Waals surface area contributed by atoms with Crippen molar-refractivity contribution in [3.8, 4) is 5.75 Å². The van der Waals surface area contributed by atoms with Crippen LogP contribution >= 0.6 is 0 Å². The quantitative estimate of drug-likeness (QED) is 0.374. The highest BCUT2D eigenvalue weighted by Gasteiger charge is 2.33. The summed E-state index contributed by atoms with van der Waals surface area (Å²) in [5.74, 6) is -1.14. The number of anilines is 1. The number of carbonyl (C=O) groups is 1. The van der Waals surface area contributed by atoms with Gasteiger partial charge < -0.3 is 10.4 Å². The Hall–Kier alpha value is -3.41. The number of fused-ring (bicyclic) bond motifs is 1. The van der Waals surface area contributed by atoms with Gasteiger partial charge in [0.25, 0.3) is 0 Å². The fraction of sp³-hybridized carbons (Fsp3) is 0.387. The second-order valence-corrected chi connectivity index (χ2v) is 11.0. The van der Waals surface area contributed by atoms with E-state index in [1.165, 1.54) is 17.0 Å². The highest BCUT2D eigenvalue weighted by Crippen LogP contribution is 2.37. The number of rotatable bonds is 6. The van der Waals surface area contributed by atoms with Gasteiger partial charge in [0.1, 0.15) is 17.4 Å². The lowest BCUT2D eigenvalue weighted by Crippen LogP contribution is -2.47. The molecule has 2 N–H and O–H groups in total. The fourth-order valence-corrected chi connectivity index (χ4v) is 5.32. The molecule has 0 atom stereocenters. The van der Waals surface area contributed by atoms with Gasteiger partial charge in [-0.15, -0.1) is 0 Å². The van der Waals surface area contributed by atoms with E-state index in [0.29, 0.717) is 18.6 Å². The van der Waals surface area contributed by atoms with Crippen molar-refractivity contribution in [1.82, 2.24) is 5.32 Å². The van der Waals surface area contributed by atoms with Crippen LogP contribution in [-0.2, 0) is 31.2 Å². The molecule has 196 valence electrons. The number of phenolic OH excluding ortho intramolecular Hbond substituents is 1. The maximum Gasteiger partial charge on any atom is 0.322 e. The van der Waals surface area contributed by atoms with Crippen LogP contribution in [0.15, 0.2) is 48.5 Å². The molecule has 4 nitrogen and oxygen atoms in total. The molecule has 2 amide bonds. The second-order valence-electron chi connectivity index (χ2n) is 11.0. The van der Waals surface area contributed by atoms with Crippen molar-refractivity contribution in [2.75, 3.05) is 4.90 Å². The van der Waals surface area contributed by atoms with Crippen LogP contribution in [0.5, 0.6) is 5.75 Å². The largest absolute Gasteiger partial charge is 0.507 e. The van der Waals surface area contributed by atoms with Crippen molar-refractivity contribution >= 4 is 11.7 Å². The molecule has 0 spiro atoms. The average Bonchev–Trinajstić information content (AvgIpc) is 3.25. The summed E-state index contributed by atoms with van der Waals surface area (Å²) in [6.45, 7) is 10.4. The van der Waals surface area contributed by atoms with Gasteiger partial charge in [-0.25, -0.2) is 13.6 Å². The number of nitrogens with zero attached hydrogens (tertiary/aromatic N) is 1. The summed E-state index contributed by atoms with van der Waals surface area (Å²) in [5.41, 5.74) is 5.61. The molecule has 3 aromatic carbocycles. The van der Waals surface area contributed by atoms with E-state index in [9.17, 15) is 18.7 Å². The first-order valence-corrected chi connectivity index (χ1v) is 12.9. The first-order valence-electron chi connectivity index (χ1n) is 12.9. The molecule has 4 rings (SSSR count). The third-order valence-electron chi connectivity index (χ3n) is 7.31. The van der Waals surface area contributed by atoms with Gasteiger partial charge in [-0.05, 0) is 83.2 Å². The highest BCUT2D eigenvalue weighted by atomic mass is 19.1. The Bertz CT molecular complexity index is 1290. The molecule has 0 unspecified atom stereocenters. The van der Waals surface area contributed by atoms with Crippen molar-refractivity contribution in [1.29, 1.82) is 0 Å². The first-order chi connectivity index (χ1) is 17.5. The normalized spacial score (nSPS) is 13.5. The number of hydrogen-bond donors (Lipinski definition) is 2. The summed E-state index contributed by atoms with van der Waals surface area (Å²) < 4.78 is 28.7. The van der Waals surface area contributed by atoms with E-state index < -0.39 is 17.7 Å². The van der Waals surface area contributed by atoms with Crippen LogP contribution in [0.4, 0.5) is 19.3 Å². The third-order valence-corrected chi connectivity index (χ3v) is 7.31. The predicted molar refractivity (Wildman–Crippen MR) is 144 cm³/mol. The monoisotopic (exact) mass is 506 g/mol. The smallest absolute Gasteiger partial charge is 0.322 e. The molecule has 3 aromatic rings. The molecule has 0 aliphatic heterocycles. The van der Waals surface area contributed by atoms with Gasteiger partial charge in [-0.2, -0.15) is 0 Å². The lowest BCUT2D eigenvalue weighted by Gasteiger charge is -2.30. The standard InChI is InChI=1S/C31H36F2N2O2/c1-6-9-25-19(2)22(16-26(29(25)36)31(3,4)5)18-34-30(37)35(28-13-12-23(32)17-27(28)33)24-14-20-10-7-8-11-21(20)15-24/h7-8,10-13,16-17,24,36H,6,9,14-15,18H2,1-5H3,(H,34,37). The summed E-state index contributed by atoms with van der Waals surface area (Å²) >= 11 is 0. The molecule has 0 saturated carbocycles. The van der Waals surface area contributed by atoms with Gasteiger partial charge in [0.2, 0.25) is 0 Å². The zero-order valence-electron chi connectivity index (χ0n) is 22.3. The van der Waals surface area contributed by atoms with Crippen molar-refractivity contribution in [2.45, 2.75) is 78.3 Å². The fourth-order valence-electron chi connectivity index (χ4n) is 5.32. The van der Waals surface area contributed by atoms with Gasteiger partial charge in [0.15, 0.2) is 0 Å². The van der Waals surface area contributed by atoms with Crippen LogP contribution in [0.3, 0.4) is 0 Å². The van der Waals surface area contributed by atoms with E-state index in [4.69, 9.17) is 0 Å². The summed E-state index contributed by atoms with van der Waals surface area (Å²) in [6, 6.07) is 12.5. The maximum absolute atomic E-state index is 14.9. The Morgan fingerprint density at radius 3 is 2.30 bits per heavy atom. The number of phenols is 1. The summed E-state index contributed by atoms with van der Waals surface area (Å²) in [7, 11) is 0. The van der Waals surface area contributed by atoms with E-state index in [-0.39, 0.29) is 23.7 Å². The number of halogens is 2. The summed E-state index contributed by atoms with van der Waals surface area (Å²) in [6.07, 6.45) is 2.80. The minimum Gasteiger partial charge on any atom is -0.507 e. The summed E-state index contributed by atoms with van der Waals surface area (Å²) in [5, 5.41) is 14.0. The molecule has 0 fully saturated rings. The average molecular weight is 507 g/mol. The minimum atomic E-state index is -0.771. The highest BCUT2D eigenvalue weighted by molar-refractivity contribution is 5.93. The lowest BCUT2D eigenvalue weighted by molar-refractivity contribution is 0.243. The van der Waals surface area contributed by atoms with E-state index in [2.05, 4.69) is 12.2 Å². The molecule has 6 heteroatoms. The van der Waals surface area contributed by atoms with Crippen molar-refractivity contribution in [2.24, 2.45) is 0 Å². The zero-order chi connectivity index (χ0) is 26.9. The van der Waals surface area contributed by atoms with Crippen LogP contribution < -0.4 is 10.2 Å². The SMILES string of the molecule is CCCc1c(C)c(CNC(=O)N(c2ccc(F)cc2F)C2Cc3ccccc3C2)cc(C(C)(C)C)c1O. The van der Waals surface area contributed by atoms with Crippen molar-refractivity contribution in [3.05, 3.63) is 93.5 Å². The van der Waals surface area contributed by atoms with E-state index in [1.54, 1.807) is 0 Å². The third kappa shape index (κ3) is 5.48. The van der Waals surface area contributed by atoms with Gasteiger partial charge >= 0.3 is 6.03 Å². The Balaban J connectivity index is 1.66. The second kappa shape index (κ2) is 10.5. The number of urea groups is 1. The summed E-state index contributed by atoms with van der Waals surface area (Å²) in [4.78, 5) is 15.1. The Kier molecular flexibility index (Phi) is 7.58. The van der Waals surface area contributed by atoms with Crippen molar-refractivity contribution < 1.29 is 18.7 Å². The first kappa shape index (κ1) is 26.6. The molecule has 0 radical (unpaired) electrons. The number of benzene rings is 3. The Labute approximate surface area is 218 Å². The van der Waals surface area contributed by atoms with Gasteiger partial charge in [-0.3, -0.25) is 4.90 Å². The predicted octanol–water partition coefficient (Wildman–Crippen LogP) is 7.11. The molecular weight excluding hydrogens is 470 g/mol. The lowest BCUT2D eigenvalue weighted by atomic mass is 9.81. The molecule has 1 aliphatic rings. The van der Waals surface area contributed by atoms with E-state index in [0.717, 1.165) is 52.3 Å². The molecular formula is C31H36F2N2O2. The molecule has 37 heavy (non-hydrogen) atoms. The van der Waals surface area contributed by atoms with E-state index >= 15 is 0 Å². The zero-order valence-corrected chi connectivity index (χ0v) is 22.3. The number of nitrogens with one attached hydrogen (secondary N) is 1. The van der Waals surface area contributed by atoms with Gasteiger partial charge in [-0.1, -0.05) is 58.4 Å². The molecule has 0 aromatic heterocycles. The van der Waals surface area contributed by atoms with Crippen LogP contribution in [0.1, 0.15) is 67.5 Å². The van der Waals surface area contributed by atoms with Gasteiger partial charge in [0, 0.05) is 18.7 Å². The number of aromatic hydroxyl groups is 1.